The van der Waals surface area contributed by atoms with Crippen molar-refractivity contribution in [3.8, 4) is 11.5 Å². The Kier molecular flexibility index (Phi) is 7.29. The van der Waals surface area contributed by atoms with E-state index in [1.807, 2.05) is 38.1 Å². The van der Waals surface area contributed by atoms with Crippen LogP contribution in [-0.2, 0) is 6.61 Å². The third kappa shape index (κ3) is 5.39. The van der Waals surface area contributed by atoms with E-state index in [2.05, 4.69) is 5.32 Å². The first-order valence-electron chi connectivity index (χ1n) is 8.08. The number of benzene rings is 2. The molecule has 2 rings (SSSR count). The van der Waals surface area contributed by atoms with Gasteiger partial charge in [-0.05, 0) is 48.6 Å². The molecule has 5 nitrogen and oxygen atoms in total. The Labute approximate surface area is 157 Å². The Morgan fingerprint density at radius 2 is 2.04 bits per heavy atom. The Balaban J connectivity index is 2.13. The van der Waals surface area contributed by atoms with Crippen molar-refractivity contribution in [3.63, 3.8) is 0 Å². The number of allylic oxidation sites excluding steroid dienone is 1. The van der Waals surface area contributed by atoms with Crippen molar-refractivity contribution < 1.29 is 14.3 Å². The number of carbonyl (C=O) groups is 1. The van der Waals surface area contributed by atoms with Gasteiger partial charge in [0.2, 0.25) is 0 Å². The molecule has 1 amide bonds. The van der Waals surface area contributed by atoms with Crippen molar-refractivity contribution in [1.29, 1.82) is 5.41 Å². The van der Waals surface area contributed by atoms with Crippen LogP contribution in [0.25, 0.3) is 0 Å². The summed E-state index contributed by atoms with van der Waals surface area (Å²) in [6, 6.07) is 13.0. The Hall–Kier alpha value is -2.73. The van der Waals surface area contributed by atoms with Gasteiger partial charge in [-0.1, -0.05) is 42.1 Å². The van der Waals surface area contributed by atoms with Crippen LogP contribution in [0.3, 0.4) is 0 Å². The van der Waals surface area contributed by atoms with Crippen LogP contribution in [0, 0.1) is 12.3 Å². The van der Waals surface area contributed by atoms with E-state index >= 15 is 0 Å². The molecule has 0 heterocycles. The third-order valence-electron chi connectivity index (χ3n) is 3.62. The Morgan fingerprint density at radius 1 is 1.27 bits per heavy atom. The lowest BCUT2D eigenvalue weighted by molar-refractivity contribution is 0.0974. The van der Waals surface area contributed by atoms with Crippen LogP contribution < -0.4 is 14.8 Å². The maximum absolute atomic E-state index is 12.5. The molecule has 136 valence electrons. The standard InChI is InChI=1S/C20H22N2O3S/c1-4-11-26-20(21)22-19(23)17-12-16(9-10-18(17)24-3)25-13-15-8-6-5-7-14(15)2/h4-12H,13H2,1-3H3,(H2,21,22,23)/b11-4-. The molecular weight excluding hydrogens is 348 g/mol. The largest absolute Gasteiger partial charge is 0.496 e. The Bertz CT molecular complexity index is 818. The summed E-state index contributed by atoms with van der Waals surface area (Å²) >= 11 is 1.12. The number of amides is 1. The molecule has 0 saturated heterocycles. The maximum Gasteiger partial charge on any atom is 0.261 e. The lowest BCUT2D eigenvalue weighted by Gasteiger charge is -2.13. The summed E-state index contributed by atoms with van der Waals surface area (Å²) in [5, 5.41) is 12.1. The van der Waals surface area contributed by atoms with Crippen molar-refractivity contribution >= 4 is 22.8 Å². The molecule has 0 aliphatic carbocycles. The highest BCUT2D eigenvalue weighted by atomic mass is 32.2. The maximum atomic E-state index is 12.5. The zero-order valence-corrected chi connectivity index (χ0v) is 15.9. The lowest BCUT2D eigenvalue weighted by Crippen LogP contribution is -2.27. The summed E-state index contributed by atoms with van der Waals surface area (Å²) in [7, 11) is 1.50. The highest BCUT2D eigenvalue weighted by molar-refractivity contribution is 8.16. The number of hydrogen-bond acceptors (Lipinski definition) is 5. The first-order valence-corrected chi connectivity index (χ1v) is 8.96. The SMILES string of the molecule is C/C=C\SC(=N)NC(=O)c1cc(OCc2ccccc2C)ccc1OC. The number of amidine groups is 1. The fraction of sp³-hybridized carbons (Fsp3) is 0.200. The van der Waals surface area contributed by atoms with Gasteiger partial charge in [0.05, 0.1) is 12.7 Å². The van der Waals surface area contributed by atoms with Crippen molar-refractivity contribution in [2.24, 2.45) is 0 Å². The molecule has 0 atom stereocenters. The van der Waals surface area contributed by atoms with Crippen LogP contribution in [0.2, 0.25) is 0 Å². The van der Waals surface area contributed by atoms with Gasteiger partial charge in [0, 0.05) is 0 Å². The zero-order chi connectivity index (χ0) is 18.9. The first-order chi connectivity index (χ1) is 12.5. The second-order valence-corrected chi connectivity index (χ2v) is 6.36. The molecule has 0 aliphatic rings. The first kappa shape index (κ1) is 19.6. The fourth-order valence-corrected chi connectivity index (χ4v) is 2.65. The van der Waals surface area contributed by atoms with Gasteiger partial charge in [-0.3, -0.25) is 10.2 Å². The minimum absolute atomic E-state index is 0.0429. The van der Waals surface area contributed by atoms with E-state index < -0.39 is 5.91 Å². The lowest BCUT2D eigenvalue weighted by atomic mass is 10.1. The van der Waals surface area contributed by atoms with Gasteiger partial charge < -0.3 is 14.8 Å². The van der Waals surface area contributed by atoms with Gasteiger partial charge in [0.1, 0.15) is 18.1 Å². The highest BCUT2D eigenvalue weighted by Gasteiger charge is 2.15. The van der Waals surface area contributed by atoms with Crippen LogP contribution in [-0.4, -0.2) is 18.2 Å². The van der Waals surface area contributed by atoms with Gasteiger partial charge in [-0.15, -0.1) is 0 Å². The molecule has 0 spiro atoms. The quantitative estimate of drug-likeness (QED) is 0.579. The van der Waals surface area contributed by atoms with E-state index in [1.54, 1.807) is 29.7 Å². The number of carbonyl (C=O) groups excluding carboxylic acids is 1. The zero-order valence-electron chi connectivity index (χ0n) is 15.0. The Morgan fingerprint density at radius 3 is 2.73 bits per heavy atom. The average molecular weight is 370 g/mol. The van der Waals surface area contributed by atoms with Gasteiger partial charge in [0.15, 0.2) is 5.17 Å². The molecule has 2 N–H and O–H groups in total. The van der Waals surface area contributed by atoms with Gasteiger partial charge in [0.25, 0.3) is 5.91 Å². The minimum Gasteiger partial charge on any atom is -0.496 e. The summed E-state index contributed by atoms with van der Waals surface area (Å²) in [4.78, 5) is 12.5. The van der Waals surface area contributed by atoms with Crippen molar-refractivity contribution in [2.45, 2.75) is 20.5 Å². The average Bonchev–Trinajstić information content (AvgIpc) is 2.65. The smallest absolute Gasteiger partial charge is 0.261 e. The normalized spacial score (nSPS) is 10.6. The van der Waals surface area contributed by atoms with Crippen molar-refractivity contribution in [3.05, 3.63) is 70.6 Å². The molecule has 0 aromatic heterocycles. The van der Waals surface area contributed by atoms with E-state index in [0.29, 0.717) is 23.7 Å². The summed E-state index contributed by atoms with van der Waals surface area (Å²) in [5.74, 6) is 0.576. The van der Waals surface area contributed by atoms with Crippen LogP contribution in [0.4, 0.5) is 0 Å². The molecule has 0 aliphatic heterocycles. The molecule has 0 fully saturated rings. The molecule has 0 radical (unpaired) electrons. The number of methoxy groups -OCH3 is 1. The van der Waals surface area contributed by atoms with Crippen molar-refractivity contribution in [1.82, 2.24) is 5.32 Å². The van der Waals surface area contributed by atoms with Crippen LogP contribution >= 0.6 is 11.8 Å². The predicted octanol–water partition coefficient (Wildman–Crippen LogP) is 4.51. The number of nitrogens with one attached hydrogen (secondary N) is 2. The highest BCUT2D eigenvalue weighted by Crippen LogP contribution is 2.25. The van der Waals surface area contributed by atoms with Crippen LogP contribution in [0.15, 0.2) is 53.9 Å². The summed E-state index contributed by atoms with van der Waals surface area (Å²) < 4.78 is 11.1. The monoisotopic (exact) mass is 370 g/mol. The van der Waals surface area contributed by atoms with Gasteiger partial charge in [-0.2, -0.15) is 0 Å². The molecule has 0 saturated carbocycles. The number of thioether (sulfide) groups is 1. The number of aryl methyl sites for hydroxylation is 1. The molecule has 2 aromatic rings. The van der Waals surface area contributed by atoms with Crippen LogP contribution in [0.5, 0.6) is 11.5 Å². The molecule has 0 bridgehead atoms. The van der Waals surface area contributed by atoms with E-state index in [9.17, 15) is 4.79 Å². The second kappa shape index (κ2) is 9.68. The summed E-state index contributed by atoms with van der Waals surface area (Å²) in [6.07, 6.45) is 1.80. The number of rotatable bonds is 6. The van der Waals surface area contributed by atoms with Crippen LogP contribution in [0.1, 0.15) is 28.4 Å². The minimum atomic E-state index is -0.412. The molecule has 6 heteroatoms. The topological polar surface area (TPSA) is 71.4 Å². The van der Waals surface area contributed by atoms with Gasteiger partial charge >= 0.3 is 0 Å². The third-order valence-corrected chi connectivity index (χ3v) is 4.37. The number of ether oxygens (including phenoxy) is 2. The van der Waals surface area contributed by atoms with Gasteiger partial charge in [-0.25, -0.2) is 0 Å². The number of hydrogen-bond donors (Lipinski definition) is 2. The van der Waals surface area contributed by atoms with E-state index in [-0.39, 0.29) is 5.17 Å². The second-order valence-electron chi connectivity index (χ2n) is 5.45. The van der Waals surface area contributed by atoms with E-state index in [1.165, 1.54) is 7.11 Å². The molecule has 26 heavy (non-hydrogen) atoms. The van der Waals surface area contributed by atoms with Crippen molar-refractivity contribution in [2.75, 3.05) is 7.11 Å². The fourth-order valence-electron chi connectivity index (χ4n) is 2.22. The molecule has 2 aromatic carbocycles. The molecular formula is C20H22N2O3S. The molecule has 0 unspecified atom stereocenters. The van der Waals surface area contributed by atoms with E-state index in [0.717, 1.165) is 22.9 Å². The summed E-state index contributed by atoms with van der Waals surface area (Å²) in [6.45, 7) is 4.28. The predicted molar refractivity (Wildman–Crippen MR) is 106 cm³/mol. The van der Waals surface area contributed by atoms with E-state index in [4.69, 9.17) is 14.9 Å². The summed E-state index contributed by atoms with van der Waals surface area (Å²) in [5.41, 5.74) is 2.55.